The molecule has 0 aliphatic carbocycles. The third-order valence-corrected chi connectivity index (χ3v) is 5.32. The van der Waals surface area contributed by atoms with Crippen molar-refractivity contribution in [2.75, 3.05) is 11.1 Å². The molecule has 0 saturated carbocycles. The summed E-state index contributed by atoms with van der Waals surface area (Å²) < 4.78 is 2.02. The maximum Gasteiger partial charge on any atom is 0.232 e. The van der Waals surface area contributed by atoms with Crippen LogP contribution in [0.2, 0.25) is 0 Å². The largest absolute Gasteiger partial charge is 0.370 e. The smallest absolute Gasteiger partial charge is 0.232 e. The van der Waals surface area contributed by atoms with Gasteiger partial charge in [0.05, 0.1) is 5.75 Å². The predicted molar refractivity (Wildman–Crippen MR) is 121 cm³/mol. The van der Waals surface area contributed by atoms with E-state index < -0.39 is 0 Å². The molecule has 0 unspecified atom stereocenters. The Kier molecular flexibility index (Phi) is 7.40. The normalized spacial score (nSPS) is 11.1. The third-order valence-electron chi connectivity index (χ3n) is 4.36. The number of nitrogen functional groups attached to an aromatic ring is 1. The molecule has 11 heteroatoms. The Morgan fingerprint density at radius 3 is 2.68 bits per heavy atom. The number of benzene rings is 1. The number of nitrogens with one attached hydrogen (secondary N) is 1. The molecule has 0 aliphatic rings. The van der Waals surface area contributed by atoms with Crippen LogP contribution in [0.1, 0.15) is 37.5 Å². The van der Waals surface area contributed by atoms with Gasteiger partial charge in [0, 0.05) is 25.1 Å². The van der Waals surface area contributed by atoms with E-state index in [-0.39, 0.29) is 18.3 Å². The van der Waals surface area contributed by atoms with Crippen LogP contribution in [0.3, 0.4) is 0 Å². The van der Waals surface area contributed by atoms with Crippen molar-refractivity contribution in [3.63, 3.8) is 0 Å². The second-order valence-electron chi connectivity index (χ2n) is 7.53. The Labute approximate surface area is 185 Å². The minimum absolute atomic E-state index is 0.146. The Balaban J connectivity index is 1.75. The van der Waals surface area contributed by atoms with E-state index in [0.717, 1.165) is 28.8 Å². The molecule has 10 nitrogen and oxygen atoms in total. The summed E-state index contributed by atoms with van der Waals surface area (Å²) in [6.07, 6.45) is 0.692. The van der Waals surface area contributed by atoms with Crippen molar-refractivity contribution in [1.29, 1.82) is 0 Å². The van der Waals surface area contributed by atoms with E-state index in [1.54, 1.807) is 0 Å². The number of carbonyl (C=O) groups excluding carboxylic acids is 1. The Morgan fingerprint density at radius 1 is 1.19 bits per heavy atom. The fourth-order valence-corrected chi connectivity index (χ4v) is 3.74. The third kappa shape index (κ3) is 6.38. The number of carbonyl (C=O) groups is 1. The highest BCUT2D eigenvalue weighted by Crippen LogP contribution is 2.24. The summed E-state index contributed by atoms with van der Waals surface area (Å²) in [4.78, 5) is 24.1. The van der Waals surface area contributed by atoms with Gasteiger partial charge in [-0.15, -0.1) is 10.2 Å². The SMILES string of the molecule is Cc1ccccc1Nc1nc(N)nc(CSc2nnc(CCC(N)=O)n2CC(C)C)n1. The zero-order chi connectivity index (χ0) is 22.4. The van der Waals surface area contributed by atoms with Crippen LogP contribution < -0.4 is 16.8 Å². The minimum atomic E-state index is -0.359. The van der Waals surface area contributed by atoms with Gasteiger partial charge >= 0.3 is 0 Å². The number of thioether (sulfide) groups is 1. The fourth-order valence-electron chi connectivity index (χ4n) is 2.92. The van der Waals surface area contributed by atoms with Gasteiger partial charge < -0.3 is 21.4 Å². The molecule has 0 atom stereocenters. The summed E-state index contributed by atoms with van der Waals surface area (Å²) in [5.74, 6) is 2.29. The molecule has 1 amide bonds. The van der Waals surface area contributed by atoms with E-state index in [2.05, 4.69) is 44.3 Å². The Bertz CT molecular complexity index is 1050. The van der Waals surface area contributed by atoms with Crippen molar-refractivity contribution in [3.05, 3.63) is 41.5 Å². The van der Waals surface area contributed by atoms with Crippen molar-refractivity contribution in [2.24, 2.45) is 11.7 Å². The average Bonchev–Trinajstić information content (AvgIpc) is 3.07. The minimum Gasteiger partial charge on any atom is -0.370 e. The summed E-state index contributed by atoms with van der Waals surface area (Å²) >= 11 is 1.46. The Hall–Kier alpha value is -3.21. The van der Waals surface area contributed by atoms with Gasteiger partial charge in [0.15, 0.2) is 5.16 Å². The lowest BCUT2D eigenvalue weighted by Gasteiger charge is -2.12. The number of aromatic nitrogens is 6. The van der Waals surface area contributed by atoms with Crippen LogP contribution in [-0.2, 0) is 23.5 Å². The van der Waals surface area contributed by atoms with Crippen LogP contribution in [0.25, 0.3) is 0 Å². The van der Waals surface area contributed by atoms with E-state index in [4.69, 9.17) is 11.5 Å². The molecule has 5 N–H and O–H groups in total. The molecule has 2 heterocycles. The number of para-hydroxylation sites is 1. The summed E-state index contributed by atoms with van der Waals surface area (Å²) in [5.41, 5.74) is 13.2. The maximum atomic E-state index is 11.2. The topological polar surface area (TPSA) is 151 Å². The summed E-state index contributed by atoms with van der Waals surface area (Å²) in [5, 5.41) is 12.5. The lowest BCUT2D eigenvalue weighted by Crippen LogP contribution is -2.15. The summed E-state index contributed by atoms with van der Waals surface area (Å²) in [6, 6.07) is 7.86. The van der Waals surface area contributed by atoms with E-state index in [9.17, 15) is 4.79 Å². The number of hydrogen-bond donors (Lipinski definition) is 3. The molecular formula is C20H27N9OS. The molecule has 1 aromatic carbocycles. The van der Waals surface area contributed by atoms with Gasteiger partial charge in [0.1, 0.15) is 11.6 Å². The lowest BCUT2D eigenvalue weighted by atomic mass is 10.2. The average molecular weight is 442 g/mol. The van der Waals surface area contributed by atoms with E-state index in [1.807, 2.05) is 35.8 Å². The molecule has 3 rings (SSSR count). The van der Waals surface area contributed by atoms with Crippen LogP contribution in [-0.4, -0.2) is 35.6 Å². The molecule has 3 aromatic rings. The van der Waals surface area contributed by atoms with Gasteiger partial charge in [-0.1, -0.05) is 43.8 Å². The van der Waals surface area contributed by atoms with Crippen LogP contribution in [0.15, 0.2) is 29.4 Å². The number of anilines is 3. The Morgan fingerprint density at radius 2 is 1.97 bits per heavy atom. The van der Waals surface area contributed by atoms with Crippen molar-refractivity contribution >= 4 is 35.3 Å². The standard InChI is InChI=1S/C20H27N9OS/c1-12(2)10-29-17(9-8-15(21)30)27-28-20(29)31-11-16-24-18(22)26-19(25-16)23-14-7-5-4-6-13(14)3/h4-7,12H,8-11H2,1-3H3,(H2,21,30)(H3,22,23,24,25,26). The highest BCUT2D eigenvalue weighted by molar-refractivity contribution is 7.98. The summed E-state index contributed by atoms with van der Waals surface area (Å²) in [6.45, 7) is 6.97. The van der Waals surface area contributed by atoms with Crippen LogP contribution >= 0.6 is 11.8 Å². The zero-order valence-electron chi connectivity index (χ0n) is 17.9. The van der Waals surface area contributed by atoms with Crippen molar-refractivity contribution in [3.8, 4) is 0 Å². The number of hydrogen-bond acceptors (Lipinski definition) is 9. The maximum absolute atomic E-state index is 11.2. The molecular weight excluding hydrogens is 414 g/mol. The van der Waals surface area contributed by atoms with Crippen LogP contribution in [0.5, 0.6) is 0 Å². The highest BCUT2D eigenvalue weighted by atomic mass is 32.2. The highest BCUT2D eigenvalue weighted by Gasteiger charge is 2.16. The first kappa shape index (κ1) is 22.5. The van der Waals surface area contributed by atoms with Gasteiger partial charge in [0.2, 0.25) is 17.8 Å². The van der Waals surface area contributed by atoms with Gasteiger partial charge in [-0.05, 0) is 24.5 Å². The first-order valence-corrected chi connectivity index (χ1v) is 11.0. The number of aryl methyl sites for hydroxylation is 2. The molecule has 0 aliphatic heterocycles. The van der Waals surface area contributed by atoms with E-state index in [1.165, 1.54) is 11.8 Å². The molecule has 164 valence electrons. The van der Waals surface area contributed by atoms with Crippen molar-refractivity contribution < 1.29 is 4.79 Å². The summed E-state index contributed by atoms with van der Waals surface area (Å²) in [7, 11) is 0. The zero-order valence-corrected chi connectivity index (χ0v) is 18.7. The van der Waals surface area contributed by atoms with Crippen LogP contribution in [0, 0.1) is 12.8 Å². The lowest BCUT2D eigenvalue weighted by molar-refractivity contribution is -0.118. The fraction of sp³-hybridized carbons (Fsp3) is 0.400. The first-order valence-electron chi connectivity index (χ1n) is 9.98. The van der Waals surface area contributed by atoms with Crippen molar-refractivity contribution in [2.45, 2.75) is 51.1 Å². The quantitative estimate of drug-likeness (QED) is 0.403. The van der Waals surface area contributed by atoms with E-state index >= 15 is 0 Å². The second kappa shape index (κ2) is 10.2. The van der Waals surface area contributed by atoms with Crippen molar-refractivity contribution in [1.82, 2.24) is 29.7 Å². The molecule has 0 bridgehead atoms. The van der Waals surface area contributed by atoms with Crippen LogP contribution in [0.4, 0.5) is 17.6 Å². The van der Waals surface area contributed by atoms with E-state index in [0.29, 0.717) is 29.9 Å². The molecule has 2 aromatic heterocycles. The number of rotatable bonds is 10. The molecule has 0 fully saturated rings. The molecule has 0 radical (unpaired) electrons. The number of amides is 1. The number of nitrogens with two attached hydrogens (primary N) is 2. The first-order chi connectivity index (χ1) is 14.8. The van der Waals surface area contributed by atoms with Gasteiger partial charge in [-0.25, -0.2) is 0 Å². The second-order valence-corrected chi connectivity index (χ2v) is 8.47. The number of nitrogens with zero attached hydrogens (tertiary/aromatic N) is 6. The van der Waals surface area contributed by atoms with Gasteiger partial charge in [0.25, 0.3) is 0 Å². The predicted octanol–water partition coefficient (Wildman–Crippen LogP) is 2.46. The van der Waals surface area contributed by atoms with Gasteiger partial charge in [-0.2, -0.15) is 15.0 Å². The molecule has 0 spiro atoms. The van der Waals surface area contributed by atoms with Gasteiger partial charge in [-0.3, -0.25) is 4.79 Å². The monoisotopic (exact) mass is 441 g/mol. The molecule has 0 saturated heterocycles. The molecule has 31 heavy (non-hydrogen) atoms. The number of primary amides is 1.